The molecule has 2 aromatic rings. The zero-order chi connectivity index (χ0) is 15.8. The highest BCUT2D eigenvalue weighted by molar-refractivity contribution is 5.56. The van der Waals surface area contributed by atoms with Crippen molar-refractivity contribution in [2.45, 2.75) is 19.4 Å². The van der Waals surface area contributed by atoms with E-state index >= 15 is 0 Å². The van der Waals surface area contributed by atoms with E-state index in [9.17, 15) is 0 Å². The maximum Gasteiger partial charge on any atom is 0.119 e. The van der Waals surface area contributed by atoms with Crippen LogP contribution in [0.3, 0.4) is 0 Å². The first-order valence-corrected chi connectivity index (χ1v) is 7.47. The highest BCUT2D eigenvalue weighted by Gasteiger charge is 2.09. The summed E-state index contributed by atoms with van der Waals surface area (Å²) in [5, 5.41) is 3.56. The number of methoxy groups -OCH3 is 1. The van der Waals surface area contributed by atoms with E-state index in [-0.39, 0.29) is 6.04 Å². The van der Waals surface area contributed by atoms with Gasteiger partial charge in [-0.15, -0.1) is 6.58 Å². The van der Waals surface area contributed by atoms with E-state index in [4.69, 9.17) is 4.74 Å². The van der Waals surface area contributed by atoms with Crippen molar-refractivity contribution in [3.8, 4) is 5.75 Å². The molecule has 0 aliphatic heterocycles. The summed E-state index contributed by atoms with van der Waals surface area (Å²) in [5.41, 5.74) is 3.57. The van der Waals surface area contributed by atoms with Crippen molar-refractivity contribution < 1.29 is 4.74 Å². The second-order valence-electron chi connectivity index (χ2n) is 5.25. The van der Waals surface area contributed by atoms with Gasteiger partial charge in [0.25, 0.3) is 0 Å². The summed E-state index contributed by atoms with van der Waals surface area (Å²) in [6, 6.07) is 18.6. The van der Waals surface area contributed by atoms with Crippen LogP contribution in [0.4, 0.5) is 5.69 Å². The van der Waals surface area contributed by atoms with Crippen molar-refractivity contribution in [3.05, 3.63) is 78.4 Å². The van der Waals surface area contributed by atoms with E-state index in [1.165, 1.54) is 11.1 Å². The molecule has 0 saturated heterocycles. The number of hydrogen-bond acceptors (Lipinski definition) is 2. The predicted molar refractivity (Wildman–Crippen MR) is 95.3 cm³/mol. The summed E-state index contributed by atoms with van der Waals surface area (Å²) < 4.78 is 5.19. The molecular weight excluding hydrogens is 270 g/mol. The highest BCUT2D eigenvalue weighted by atomic mass is 16.5. The van der Waals surface area contributed by atoms with Gasteiger partial charge in [0.05, 0.1) is 13.2 Å². The Morgan fingerprint density at radius 2 is 1.82 bits per heavy atom. The van der Waals surface area contributed by atoms with E-state index in [1.807, 2.05) is 36.4 Å². The van der Waals surface area contributed by atoms with Gasteiger partial charge in [0, 0.05) is 5.69 Å². The summed E-state index contributed by atoms with van der Waals surface area (Å²) in [6.07, 6.45) is 5.04. The van der Waals surface area contributed by atoms with Gasteiger partial charge in [-0.05, 0) is 43.2 Å². The summed E-state index contributed by atoms with van der Waals surface area (Å²) >= 11 is 0. The predicted octanol–water partition coefficient (Wildman–Crippen LogP) is 5.16. The van der Waals surface area contributed by atoms with Crippen LogP contribution in [0.5, 0.6) is 5.75 Å². The number of rotatable bonds is 7. The fraction of sp³-hybridized carbons (Fsp3) is 0.200. The van der Waals surface area contributed by atoms with Gasteiger partial charge in [0.15, 0.2) is 0 Å². The number of anilines is 1. The molecule has 2 aromatic carbocycles. The summed E-state index contributed by atoms with van der Waals surface area (Å²) in [6.45, 7) is 6.02. The molecule has 2 nitrogen and oxygen atoms in total. The second-order valence-corrected chi connectivity index (χ2v) is 5.25. The Hall–Kier alpha value is -2.48. The van der Waals surface area contributed by atoms with E-state index in [0.29, 0.717) is 0 Å². The zero-order valence-electron chi connectivity index (χ0n) is 13.3. The molecule has 0 aliphatic rings. The van der Waals surface area contributed by atoms with Crippen molar-refractivity contribution in [1.29, 1.82) is 0 Å². The Balaban J connectivity index is 2.14. The molecule has 0 saturated carbocycles. The molecule has 0 aromatic heterocycles. The molecule has 1 unspecified atom stereocenters. The average molecular weight is 293 g/mol. The van der Waals surface area contributed by atoms with Crippen molar-refractivity contribution in [1.82, 2.24) is 0 Å². The molecule has 0 heterocycles. The average Bonchev–Trinajstić information content (AvgIpc) is 2.56. The van der Waals surface area contributed by atoms with Gasteiger partial charge >= 0.3 is 0 Å². The molecule has 1 atom stereocenters. The number of benzene rings is 2. The minimum absolute atomic E-state index is 0.228. The lowest BCUT2D eigenvalue weighted by Crippen LogP contribution is -2.20. The van der Waals surface area contributed by atoms with Gasteiger partial charge in [-0.1, -0.05) is 48.1 Å². The smallest absolute Gasteiger partial charge is 0.119 e. The van der Waals surface area contributed by atoms with Crippen molar-refractivity contribution in [2.75, 3.05) is 12.4 Å². The monoisotopic (exact) mass is 293 g/mol. The van der Waals surface area contributed by atoms with Crippen LogP contribution in [0.25, 0.3) is 6.08 Å². The third-order valence-electron chi connectivity index (χ3n) is 3.58. The van der Waals surface area contributed by atoms with Crippen LogP contribution in [0.15, 0.2) is 72.8 Å². The lowest BCUT2D eigenvalue weighted by atomic mass is 10.0. The molecule has 114 valence electrons. The van der Waals surface area contributed by atoms with Gasteiger partial charge in [-0.25, -0.2) is 0 Å². The lowest BCUT2D eigenvalue weighted by Gasteiger charge is -2.20. The van der Waals surface area contributed by atoms with Crippen LogP contribution in [-0.2, 0) is 0 Å². The largest absolute Gasteiger partial charge is 0.497 e. The van der Waals surface area contributed by atoms with Crippen molar-refractivity contribution in [2.24, 2.45) is 0 Å². The van der Waals surface area contributed by atoms with E-state index in [1.54, 1.807) is 7.11 Å². The summed E-state index contributed by atoms with van der Waals surface area (Å²) in [4.78, 5) is 0. The fourth-order valence-electron chi connectivity index (χ4n) is 2.33. The maximum atomic E-state index is 5.19. The van der Waals surface area contributed by atoms with Crippen molar-refractivity contribution in [3.63, 3.8) is 0 Å². The molecule has 0 spiro atoms. The van der Waals surface area contributed by atoms with Crippen molar-refractivity contribution >= 4 is 11.8 Å². The summed E-state index contributed by atoms with van der Waals surface area (Å²) in [7, 11) is 1.68. The Labute approximate surface area is 133 Å². The molecule has 0 bridgehead atoms. The molecule has 1 N–H and O–H groups in total. The third-order valence-corrected chi connectivity index (χ3v) is 3.58. The quantitative estimate of drug-likeness (QED) is 0.712. The lowest BCUT2D eigenvalue weighted by molar-refractivity contribution is 0.415. The standard InChI is InChI=1S/C20H23NO/c1-4-8-20(16(2)15-17-9-6-5-7-10-17)21-18-11-13-19(22-3)14-12-18/h4-7,9-15,20-21H,1,8H2,2-3H3/b16-15+. The van der Waals surface area contributed by atoms with E-state index in [0.717, 1.165) is 17.9 Å². The summed E-state index contributed by atoms with van der Waals surface area (Å²) in [5.74, 6) is 0.863. The molecular formula is C20H23NO. The second kappa shape index (κ2) is 8.08. The number of ether oxygens (including phenoxy) is 1. The van der Waals surface area contributed by atoms with Gasteiger partial charge in [0.2, 0.25) is 0 Å². The van der Waals surface area contributed by atoms with Gasteiger partial charge < -0.3 is 10.1 Å². The molecule has 0 aliphatic carbocycles. The van der Waals surface area contributed by atoms with E-state index < -0.39 is 0 Å². The number of nitrogens with one attached hydrogen (secondary N) is 1. The van der Waals surface area contributed by atoms with E-state index in [2.05, 4.69) is 49.2 Å². The first kappa shape index (κ1) is 15.9. The first-order valence-electron chi connectivity index (χ1n) is 7.47. The van der Waals surface area contributed by atoms with Crippen LogP contribution in [0.1, 0.15) is 18.9 Å². The van der Waals surface area contributed by atoms with Crippen LogP contribution < -0.4 is 10.1 Å². The molecule has 0 fully saturated rings. The maximum absolute atomic E-state index is 5.19. The normalized spacial score (nSPS) is 12.5. The molecule has 2 rings (SSSR count). The molecule has 22 heavy (non-hydrogen) atoms. The SMILES string of the molecule is C=CCC(Nc1ccc(OC)cc1)/C(C)=C/c1ccccc1. The van der Waals surface area contributed by atoms with Crippen LogP contribution in [-0.4, -0.2) is 13.2 Å². The fourth-order valence-corrected chi connectivity index (χ4v) is 2.33. The minimum atomic E-state index is 0.228. The van der Waals surface area contributed by atoms with Crippen LogP contribution >= 0.6 is 0 Å². The Morgan fingerprint density at radius 3 is 2.41 bits per heavy atom. The van der Waals surface area contributed by atoms with Gasteiger partial charge in [0.1, 0.15) is 5.75 Å². The van der Waals surface area contributed by atoms with Crippen LogP contribution in [0, 0.1) is 0 Å². The third kappa shape index (κ3) is 4.52. The molecule has 0 amide bonds. The van der Waals surface area contributed by atoms with Gasteiger partial charge in [-0.3, -0.25) is 0 Å². The minimum Gasteiger partial charge on any atom is -0.497 e. The Kier molecular flexibility index (Phi) is 5.84. The first-order chi connectivity index (χ1) is 10.7. The topological polar surface area (TPSA) is 21.3 Å². The Morgan fingerprint density at radius 1 is 1.14 bits per heavy atom. The van der Waals surface area contributed by atoms with Gasteiger partial charge in [-0.2, -0.15) is 0 Å². The highest BCUT2D eigenvalue weighted by Crippen LogP contribution is 2.20. The molecule has 0 radical (unpaired) electrons. The number of hydrogen-bond donors (Lipinski definition) is 1. The molecule has 2 heteroatoms. The Bertz CT molecular complexity index is 614. The zero-order valence-corrected chi connectivity index (χ0v) is 13.3. The van der Waals surface area contributed by atoms with Crippen LogP contribution in [0.2, 0.25) is 0 Å².